The van der Waals surface area contributed by atoms with E-state index in [1.807, 2.05) is 0 Å². The number of nitrogens with one attached hydrogen (secondary N) is 1. The molecule has 0 spiro atoms. The quantitative estimate of drug-likeness (QED) is 0.895. The average molecular weight is 272 g/mol. The maximum atomic E-state index is 13.0. The first-order valence-corrected chi connectivity index (χ1v) is 7.71. The zero-order valence-electron chi connectivity index (χ0n) is 12.5. The van der Waals surface area contributed by atoms with Crippen LogP contribution in [0, 0.1) is 13.8 Å². The van der Waals surface area contributed by atoms with Crippen LogP contribution in [0.5, 0.6) is 0 Å². The molecule has 1 saturated carbocycles. The summed E-state index contributed by atoms with van der Waals surface area (Å²) < 4.78 is 0. The van der Waals surface area contributed by atoms with Crippen LogP contribution < -0.4 is 5.32 Å². The summed E-state index contributed by atoms with van der Waals surface area (Å²) in [6.07, 6.45) is 3.09. The summed E-state index contributed by atoms with van der Waals surface area (Å²) in [6, 6.07) is 6.51. The van der Waals surface area contributed by atoms with Crippen LogP contribution in [-0.4, -0.2) is 37.0 Å². The number of hydrogen-bond donors (Lipinski definition) is 1. The largest absolute Gasteiger partial charge is 0.341 e. The molecule has 0 radical (unpaired) electrons. The van der Waals surface area contributed by atoms with Crippen molar-refractivity contribution < 1.29 is 4.79 Å². The molecule has 20 heavy (non-hydrogen) atoms. The van der Waals surface area contributed by atoms with Gasteiger partial charge in [0.1, 0.15) is 0 Å². The van der Waals surface area contributed by atoms with Gasteiger partial charge in [0.2, 0.25) is 5.91 Å². The van der Waals surface area contributed by atoms with Crippen LogP contribution in [0.1, 0.15) is 36.0 Å². The number of carbonyl (C=O) groups is 1. The molecular weight excluding hydrogens is 248 g/mol. The molecule has 3 nitrogen and oxygen atoms in total. The second-order valence-electron chi connectivity index (χ2n) is 6.30. The lowest BCUT2D eigenvalue weighted by Crippen LogP contribution is -2.41. The Hall–Kier alpha value is -1.35. The monoisotopic (exact) mass is 272 g/mol. The van der Waals surface area contributed by atoms with E-state index in [0.717, 1.165) is 45.4 Å². The molecule has 0 aromatic heterocycles. The van der Waals surface area contributed by atoms with Crippen LogP contribution in [0.2, 0.25) is 0 Å². The van der Waals surface area contributed by atoms with Crippen LogP contribution in [-0.2, 0) is 10.2 Å². The summed E-state index contributed by atoms with van der Waals surface area (Å²) in [6.45, 7) is 7.95. The number of rotatable bonds is 2. The molecule has 3 heteroatoms. The van der Waals surface area contributed by atoms with Gasteiger partial charge in [-0.15, -0.1) is 0 Å². The molecule has 108 valence electrons. The highest BCUT2D eigenvalue weighted by atomic mass is 16.2. The summed E-state index contributed by atoms with van der Waals surface area (Å²) in [5, 5.41) is 3.37. The van der Waals surface area contributed by atoms with E-state index in [1.165, 1.54) is 16.7 Å². The van der Waals surface area contributed by atoms with E-state index < -0.39 is 0 Å². The van der Waals surface area contributed by atoms with Crippen LogP contribution >= 0.6 is 0 Å². The van der Waals surface area contributed by atoms with Crippen molar-refractivity contribution in [3.63, 3.8) is 0 Å². The first-order valence-electron chi connectivity index (χ1n) is 7.71. The molecule has 1 saturated heterocycles. The van der Waals surface area contributed by atoms with Crippen LogP contribution in [0.4, 0.5) is 0 Å². The minimum absolute atomic E-state index is 0.208. The molecule has 0 unspecified atom stereocenters. The third-order valence-corrected chi connectivity index (χ3v) is 4.70. The van der Waals surface area contributed by atoms with E-state index in [4.69, 9.17) is 0 Å². The molecule has 1 aliphatic carbocycles. The molecule has 1 aromatic rings. The Bertz CT molecular complexity index is 512. The molecule has 0 bridgehead atoms. The van der Waals surface area contributed by atoms with Gasteiger partial charge in [-0.3, -0.25) is 4.79 Å². The third-order valence-electron chi connectivity index (χ3n) is 4.70. The number of nitrogens with zero attached hydrogens (tertiary/aromatic N) is 1. The van der Waals surface area contributed by atoms with E-state index in [1.54, 1.807) is 0 Å². The van der Waals surface area contributed by atoms with Crippen molar-refractivity contribution in [3.8, 4) is 0 Å². The number of amides is 1. The SMILES string of the molecule is Cc1ccc(C)c(C2(C(=O)N3CCCNCC3)CC2)c1. The minimum atomic E-state index is -0.208. The molecule has 0 atom stereocenters. The summed E-state index contributed by atoms with van der Waals surface area (Å²) in [7, 11) is 0. The number of benzene rings is 1. The highest BCUT2D eigenvalue weighted by Crippen LogP contribution is 2.50. The van der Waals surface area contributed by atoms with Crippen molar-refractivity contribution in [2.75, 3.05) is 26.2 Å². The molecule has 1 N–H and O–H groups in total. The summed E-state index contributed by atoms with van der Waals surface area (Å²) in [4.78, 5) is 15.1. The lowest BCUT2D eigenvalue weighted by atomic mass is 9.89. The van der Waals surface area contributed by atoms with E-state index in [-0.39, 0.29) is 5.41 Å². The Balaban J connectivity index is 1.87. The fourth-order valence-electron chi connectivity index (χ4n) is 3.33. The fourth-order valence-corrected chi connectivity index (χ4v) is 3.33. The van der Waals surface area contributed by atoms with E-state index in [2.05, 4.69) is 42.3 Å². The zero-order valence-corrected chi connectivity index (χ0v) is 12.5. The van der Waals surface area contributed by atoms with Gasteiger partial charge in [0, 0.05) is 19.6 Å². The standard InChI is InChI=1S/C17H24N2O/c1-13-4-5-14(2)15(12-13)17(6-7-17)16(20)19-10-3-8-18-9-11-19/h4-5,12,18H,3,6-11H2,1-2H3. The molecular formula is C17H24N2O. The van der Waals surface area contributed by atoms with Gasteiger partial charge in [0.15, 0.2) is 0 Å². The Morgan fingerprint density at radius 1 is 1.20 bits per heavy atom. The fraction of sp³-hybridized carbons (Fsp3) is 0.588. The van der Waals surface area contributed by atoms with Gasteiger partial charge in [-0.05, 0) is 50.8 Å². The van der Waals surface area contributed by atoms with Gasteiger partial charge in [0.05, 0.1) is 5.41 Å². The van der Waals surface area contributed by atoms with Crippen molar-refractivity contribution in [1.82, 2.24) is 10.2 Å². The smallest absolute Gasteiger partial charge is 0.233 e. The van der Waals surface area contributed by atoms with E-state index in [9.17, 15) is 4.79 Å². The van der Waals surface area contributed by atoms with E-state index >= 15 is 0 Å². The highest BCUT2D eigenvalue weighted by Gasteiger charge is 2.53. The van der Waals surface area contributed by atoms with Crippen LogP contribution in [0.15, 0.2) is 18.2 Å². The van der Waals surface area contributed by atoms with Gasteiger partial charge in [-0.2, -0.15) is 0 Å². The molecule has 1 aliphatic heterocycles. The van der Waals surface area contributed by atoms with Crippen molar-refractivity contribution in [2.45, 2.75) is 38.5 Å². The Morgan fingerprint density at radius 2 is 2.00 bits per heavy atom. The molecule has 1 aromatic carbocycles. The van der Waals surface area contributed by atoms with Gasteiger partial charge in [-0.1, -0.05) is 23.8 Å². The van der Waals surface area contributed by atoms with E-state index in [0.29, 0.717) is 5.91 Å². The lowest BCUT2D eigenvalue weighted by molar-refractivity contribution is -0.133. The Morgan fingerprint density at radius 3 is 2.75 bits per heavy atom. The lowest BCUT2D eigenvalue weighted by Gasteiger charge is -2.27. The molecule has 2 fully saturated rings. The number of aryl methyl sites for hydroxylation is 2. The van der Waals surface area contributed by atoms with Crippen molar-refractivity contribution in [2.24, 2.45) is 0 Å². The molecule has 3 rings (SSSR count). The normalized spacial score (nSPS) is 21.4. The molecule has 2 aliphatic rings. The predicted octanol–water partition coefficient (Wildman–Crippen LogP) is 2.16. The number of carbonyl (C=O) groups excluding carboxylic acids is 1. The Labute approximate surface area is 121 Å². The zero-order chi connectivity index (χ0) is 14.2. The van der Waals surface area contributed by atoms with Crippen LogP contribution in [0.25, 0.3) is 0 Å². The summed E-state index contributed by atoms with van der Waals surface area (Å²) >= 11 is 0. The second-order valence-corrected chi connectivity index (χ2v) is 6.30. The van der Waals surface area contributed by atoms with Crippen LogP contribution in [0.3, 0.4) is 0 Å². The van der Waals surface area contributed by atoms with Gasteiger partial charge < -0.3 is 10.2 Å². The molecule has 1 heterocycles. The number of hydrogen-bond acceptors (Lipinski definition) is 2. The van der Waals surface area contributed by atoms with Gasteiger partial charge in [0.25, 0.3) is 0 Å². The highest BCUT2D eigenvalue weighted by molar-refractivity contribution is 5.91. The summed E-state index contributed by atoms with van der Waals surface area (Å²) in [5.74, 6) is 0.356. The average Bonchev–Trinajstić information content (AvgIpc) is 3.25. The van der Waals surface area contributed by atoms with Gasteiger partial charge in [-0.25, -0.2) is 0 Å². The van der Waals surface area contributed by atoms with Crippen molar-refractivity contribution in [1.29, 1.82) is 0 Å². The maximum absolute atomic E-state index is 13.0. The minimum Gasteiger partial charge on any atom is -0.341 e. The predicted molar refractivity (Wildman–Crippen MR) is 80.9 cm³/mol. The van der Waals surface area contributed by atoms with Crippen molar-refractivity contribution >= 4 is 5.91 Å². The first kappa shape index (κ1) is 13.6. The van der Waals surface area contributed by atoms with Crippen molar-refractivity contribution in [3.05, 3.63) is 34.9 Å². The molecule has 1 amide bonds. The maximum Gasteiger partial charge on any atom is 0.233 e. The first-order chi connectivity index (χ1) is 9.63. The summed E-state index contributed by atoms with van der Waals surface area (Å²) in [5.41, 5.74) is 3.57. The Kier molecular flexibility index (Phi) is 3.55. The third kappa shape index (κ3) is 2.35. The van der Waals surface area contributed by atoms with Gasteiger partial charge >= 0.3 is 0 Å². The topological polar surface area (TPSA) is 32.3 Å². The second kappa shape index (κ2) is 5.21.